The summed E-state index contributed by atoms with van der Waals surface area (Å²) >= 11 is 0. The minimum atomic E-state index is -0.846. The van der Waals surface area contributed by atoms with Crippen LogP contribution in [0.5, 0.6) is 5.75 Å². The topological polar surface area (TPSA) is 72.5 Å². The van der Waals surface area contributed by atoms with Crippen LogP contribution in [0.15, 0.2) is 40.8 Å². The number of rotatable bonds is 5. The van der Waals surface area contributed by atoms with Crippen molar-refractivity contribution in [1.29, 1.82) is 5.26 Å². The largest absolute Gasteiger partial charge is 0.486 e. The molecule has 1 aromatic carbocycles. The molecule has 0 unspecified atom stereocenters. The molecule has 0 bridgehead atoms. The zero-order valence-electron chi connectivity index (χ0n) is 11.2. The predicted molar refractivity (Wildman–Crippen MR) is 69.9 cm³/mol. The molecule has 5 nitrogen and oxygen atoms in total. The molecule has 1 atom stereocenters. The highest BCUT2D eigenvalue weighted by molar-refractivity contribution is 5.86. The summed E-state index contributed by atoms with van der Waals surface area (Å²) in [5.41, 5.74) is 0. The summed E-state index contributed by atoms with van der Waals surface area (Å²) in [6, 6.07) is 10.3. The van der Waals surface area contributed by atoms with Gasteiger partial charge in [0.1, 0.15) is 30.0 Å². The average molecular weight is 289 g/mol. The van der Waals surface area contributed by atoms with Crippen molar-refractivity contribution in [2.75, 3.05) is 0 Å². The molecule has 0 aliphatic heterocycles. The van der Waals surface area contributed by atoms with Crippen LogP contribution < -0.4 is 4.74 Å². The Hall–Kier alpha value is -2.81. The molecule has 0 spiro atoms. The van der Waals surface area contributed by atoms with Crippen molar-refractivity contribution in [3.05, 3.63) is 53.7 Å². The molecule has 1 heterocycles. The first-order valence-electron chi connectivity index (χ1n) is 6.16. The molecular weight excluding hydrogens is 277 g/mol. The Morgan fingerprint density at radius 1 is 1.33 bits per heavy atom. The second-order valence-corrected chi connectivity index (χ2v) is 4.19. The Balaban J connectivity index is 1.92. The summed E-state index contributed by atoms with van der Waals surface area (Å²) in [6.45, 7) is 1.55. The maximum absolute atomic E-state index is 12.7. The summed E-state index contributed by atoms with van der Waals surface area (Å²) in [5, 5.41) is 8.56. The number of carbonyl (C=O) groups is 1. The third kappa shape index (κ3) is 4.08. The van der Waals surface area contributed by atoms with Gasteiger partial charge in [-0.2, -0.15) is 5.26 Å². The molecule has 0 aliphatic rings. The maximum Gasteiger partial charge on any atom is 0.375 e. The van der Waals surface area contributed by atoms with Gasteiger partial charge in [-0.05, 0) is 43.3 Å². The van der Waals surface area contributed by atoms with Gasteiger partial charge in [0.25, 0.3) is 0 Å². The fourth-order valence-corrected chi connectivity index (χ4v) is 1.50. The first-order chi connectivity index (χ1) is 10.1. The summed E-state index contributed by atoms with van der Waals surface area (Å²) in [5.74, 6) is -0.171. The zero-order chi connectivity index (χ0) is 15.2. The van der Waals surface area contributed by atoms with Crippen LogP contribution in [0.4, 0.5) is 4.39 Å². The van der Waals surface area contributed by atoms with Crippen molar-refractivity contribution in [3.63, 3.8) is 0 Å². The highest BCUT2D eigenvalue weighted by atomic mass is 19.1. The highest BCUT2D eigenvalue weighted by Gasteiger charge is 2.15. The van der Waals surface area contributed by atoms with E-state index in [4.69, 9.17) is 19.2 Å². The second kappa shape index (κ2) is 6.57. The molecular formula is C15H12FNO4. The van der Waals surface area contributed by atoms with Gasteiger partial charge in [0.2, 0.25) is 5.76 Å². The zero-order valence-corrected chi connectivity index (χ0v) is 11.2. The third-order valence-corrected chi connectivity index (χ3v) is 2.52. The Kier molecular flexibility index (Phi) is 4.57. The number of esters is 1. The average Bonchev–Trinajstić information content (AvgIpc) is 2.95. The number of hydrogen-bond donors (Lipinski definition) is 0. The lowest BCUT2D eigenvalue weighted by molar-refractivity contribution is 0.0395. The van der Waals surface area contributed by atoms with E-state index in [9.17, 15) is 9.18 Å². The van der Waals surface area contributed by atoms with Crippen molar-refractivity contribution in [2.45, 2.75) is 19.6 Å². The number of carbonyl (C=O) groups excluding carboxylic acids is 1. The lowest BCUT2D eigenvalue weighted by atomic mass is 10.3. The van der Waals surface area contributed by atoms with Gasteiger partial charge in [0.15, 0.2) is 6.10 Å². The molecule has 1 aromatic heterocycles. The van der Waals surface area contributed by atoms with E-state index >= 15 is 0 Å². The standard InChI is InChI=1S/C15H12FNO4/c1-10(8-17)20-15(18)14-7-6-13(21-14)9-19-12-4-2-11(16)3-5-12/h2-7,10H,9H2,1H3/t10-/m1/s1. The van der Waals surface area contributed by atoms with Crippen molar-refractivity contribution in [2.24, 2.45) is 0 Å². The van der Waals surface area contributed by atoms with Gasteiger partial charge in [-0.15, -0.1) is 0 Å². The lowest BCUT2D eigenvalue weighted by Gasteiger charge is -2.04. The van der Waals surface area contributed by atoms with E-state index in [1.54, 1.807) is 12.1 Å². The van der Waals surface area contributed by atoms with Crippen molar-refractivity contribution in [1.82, 2.24) is 0 Å². The van der Waals surface area contributed by atoms with Gasteiger partial charge in [0, 0.05) is 0 Å². The van der Waals surface area contributed by atoms with Crippen molar-refractivity contribution >= 4 is 5.97 Å². The van der Waals surface area contributed by atoms with Crippen LogP contribution >= 0.6 is 0 Å². The van der Waals surface area contributed by atoms with Crippen molar-refractivity contribution in [3.8, 4) is 11.8 Å². The maximum atomic E-state index is 12.7. The molecule has 108 valence electrons. The van der Waals surface area contributed by atoms with E-state index in [0.717, 1.165) is 0 Å². The molecule has 0 saturated heterocycles. The Bertz CT molecular complexity index is 657. The van der Waals surface area contributed by atoms with Gasteiger partial charge >= 0.3 is 5.97 Å². The van der Waals surface area contributed by atoms with E-state index in [0.29, 0.717) is 11.5 Å². The van der Waals surface area contributed by atoms with Crippen LogP contribution in [-0.2, 0) is 11.3 Å². The molecule has 0 radical (unpaired) electrons. The molecule has 0 amide bonds. The minimum Gasteiger partial charge on any atom is -0.486 e. The molecule has 0 fully saturated rings. The van der Waals surface area contributed by atoms with E-state index in [-0.39, 0.29) is 18.2 Å². The first kappa shape index (κ1) is 14.6. The van der Waals surface area contributed by atoms with Crippen LogP contribution in [0.1, 0.15) is 23.2 Å². The molecule has 6 heteroatoms. The number of furan rings is 1. The summed E-state index contributed by atoms with van der Waals surface area (Å²) < 4.78 is 28.2. The smallest absolute Gasteiger partial charge is 0.375 e. The van der Waals surface area contributed by atoms with Crippen LogP contribution in [0.25, 0.3) is 0 Å². The number of halogens is 1. The van der Waals surface area contributed by atoms with Crippen LogP contribution in [-0.4, -0.2) is 12.1 Å². The highest BCUT2D eigenvalue weighted by Crippen LogP contribution is 2.15. The fraction of sp³-hybridized carbons (Fsp3) is 0.200. The summed E-state index contributed by atoms with van der Waals surface area (Å²) in [6.07, 6.45) is -0.846. The van der Waals surface area contributed by atoms with Crippen LogP contribution in [0, 0.1) is 17.1 Å². The molecule has 2 aromatic rings. The molecule has 0 N–H and O–H groups in total. The molecule has 0 saturated carbocycles. The third-order valence-electron chi connectivity index (χ3n) is 2.52. The van der Waals surface area contributed by atoms with E-state index < -0.39 is 12.1 Å². The van der Waals surface area contributed by atoms with Gasteiger partial charge in [-0.25, -0.2) is 9.18 Å². The number of ether oxygens (including phenoxy) is 2. The molecule has 2 rings (SSSR count). The first-order valence-corrected chi connectivity index (χ1v) is 6.16. The molecule has 21 heavy (non-hydrogen) atoms. The number of nitrogens with zero attached hydrogens (tertiary/aromatic N) is 1. The SMILES string of the molecule is C[C@H](C#N)OC(=O)c1ccc(COc2ccc(F)cc2)o1. The number of benzene rings is 1. The molecule has 0 aliphatic carbocycles. The monoisotopic (exact) mass is 289 g/mol. The Morgan fingerprint density at radius 2 is 2.05 bits per heavy atom. The quantitative estimate of drug-likeness (QED) is 0.791. The minimum absolute atomic E-state index is 0.00481. The second-order valence-electron chi connectivity index (χ2n) is 4.19. The Morgan fingerprint density at radius 3 is 2.71 bits per heavy atom. The van der Waals surface area contributed by atoms with E-state index in [2.05, 4.69) is 0 Å². The van der Waals surface area contributed by atoms with E-state index in [1.807, 2.05) is 0 Å². The fourth-order valence-electron chi connectivity index (χ4n) is 1.50. The predicted octanol–water partition coefficient (Wildman–Crippen LogP) is 3.07. The Labute approximate surface area is 120 Å². The van der Waals surface area contributed by atoms with Gasteiger partial charge in [-0.1, -0.05) is 0 Å². The number of nitriles is 1. The van der Waals surface area contributed by atoms with Gasteiger partial charge in [-0.3, -0.25) is 0 Å². The summed E-state index contributed by atoms with van der Waals surface area (Å²) in [7, 11) is 0. The van der Waals surface area contributed by atoms with Crippen LogP contribution in [0.2, 0.25) is 0 Å². The van der Waals surface area contributed by atoms with Gasteiger partial charge in [0.05, 0.1) is 0 Å². The lowest BCUT2D eigenvalue weighted by Crippen LogP contribution is -2.12. The van der Waals surface area contributed by atoms with Crippen LogP contribution in [0.3, 0.4) is 0 Å². The van der Waals surface area contributed by atoms with E-state index in [1.165, 1.54) is 37.3 Å². The normalized spacial score (nSPS) is 11.5. The van der Waals surface area contributed by atoms with Gasteiger partial charge < -0.3 is 13.9 Å². The summed E-state index contributed by atoms with van der Waals surface area (Å²) in [4.78, 5) is 11.6. The number of hydrogen-bond acceptors (Lipinski definition) is 5. The van der Waals surface area contributed by atoms with Crippen molar-refractivity contribution < 1.29 is 23.1 Å².